The standard InChI is InChI=1S/C15H18N2O2S/c1-3-19-15(18)13-9-11(16)6-7-14(13)17(2)10-12-5-4-8-20-12/h4-9H,3,10,16H2,1-2H3. The third-order valence-electron chi connectivity index (χ3n) is 2.90. The number of ether oxygens (including phenoxy) is 1. The third-order valence-corrected chi connectivity index (χ3v) is 3.76. The van der Waals surface area contributed by atoms with Crippen LogP contribution in [0.25, 0.3) is 0 Å². The van der Waals surface area contributed by atoms with Crippen LogP contribution in [0.5, 0.6) is 0 Å². The van der Waals surface area contributed by atoms with Crippen molar-refractivity contribution in [2.24, 2.45) is 0 Å². The van der Waals surface area contributed by atoms with Crippen LogP contribution in [0.4, 0.5) is 11.4 Å². The Morgan fingerprint density at radius 3 is 2.85 bits per heavy atom. The lowest BCUT2D eigenvalue weighted by molar-refractivity contribution is 0.0527. The van der Waals surface area contributed by atoms with Crippen molar-refractivity contribution in [3.05, 3.63) is 46.2 Å². The summed E-state index contributed by atoms with van der Waals surface area (Å²) in [7, 11) is 1.95. The molecule has 1 aromatic carbocycles. The predicted octanol–water partition coefficient (Wildman–Crippen LogP) is 3.14. The molecule has 0 aliphatic carbocycles. The maximum absolute atomic E-state index is 12.0. The van der Waals surface area contributed by atoms with Crippen molar-refractivity contribution in [2.75, 3.05) is 24.3 Å². The molecule has 0 aliphatic heterocycles. The van der Waals surface area contributed by atoms with Gasteiger partial charge >= 0.3 is 5.97 Å². The summed E-state index contributed by atoms with van der Waals surface area (Å²) in [6.45, 7) is 2.88. The van der Waals surface area contributed by atoms with Crippen LogP contribution >= 0.6 is 11.3 Å². The molecule has 0 unspecified atom stereocenters. The van der Waals surface area contributed by atoms with Crippen LogP contribution in [0.1, 0.15) is 22.2 Å². The molecule has 2 N–H and O–H groups in total. The number of nitrogen functional groups attached to an aromatic ring is 1. The summed E-state index contributed by atoms with van der Waals surface area (Å²) in [5, 5.41) is 2.04. The third kappa shape index (κ3) is 3.30. The molecule has 0 spiro atoms. The van der Waals surface area contributed by atoms with Gasteiger partial charge in [-0.2, -0.15) is 0 Å². The van der Waals surface area contributed by atoms with Crippen molar-refractivity contribution in [2.45, 2.75) is 13.5 Å². The summed E-state index contributed by atoms with van der Waals surface area (Å²) in [6, 6.07) is 9.40. The smallest absolute Gasteiger partial charge is 0.340 e. The molecule has 4 nitrogen and oxygen atoms in total. The maximum atomic E-state index is 12.0. The van der Waals surface area contributed by atoms with Crippen molar-refractivity contribution in [3.63, 3.8) is 0 Å². The molecular formula is C15H18N2O2S. The highest BCUT2D eigenvalue weighted by Gasteiger charge is 2.16. The Balaban J connectivity index is 2.27. The number of anilines is 2. The first-order valence-corrected chi connectivity index (χ1v) is 7.30. The number of hydrogen-bond donors (Lipinski definition) is 1. The second-order valence-corrected chi connectivity index (χ2v) is 5.46. The number of carbonyl (C=O) groups is 1. The number of rotatable bonds is 5. The van der Waals surface area contributed by atoms with Gasteiger partial charge in [0.05, 0.1) is 24.4 Å². The van der Waals surface area contributed by atoms with Crippen molar-refractivity contribution in [1.82, 2.24) is 0 Å². The Hall–Kier alpha value is -2.01. The zero-order valence-electron chi connectivity index (χ0n) is 11.6. The molecule has 0 atom stereocenters. The lowest BCUT2D eigenvalue weighted by atomic mass is 10.1. The van der Waals surface area contributed by atoms with Crippen molar-refractivity contribution < 1.29 is 9.53 Å². The Morgan fingerprint density at radius 1 is 1.40 bits per heavy atom. The summed E-state index contributed by atoms with van der Waals surface area (Å²) in [5.74, 6) is -0.340. The number of benzene rings is 1. The van der Waals surface area contributed by atoms with E-state index in [2.05, 4.69) is 6.07 Å². The molecule has 2 aromatic rings. The van der Waals surface area contributed by atoms with Crippen LogP contribution in [0, 0.1) is 0 Å². The Morgan fingerprint density at radius 2 is 2.20 bits per heavy atom. The predicted molar refractivity (Wildman–Crippen MR) is 83.2 cm³/mol. The Kier molecular flexibility index (Phi) is 4.63. The van der Waals surface area contributed by atoms with Crippen LogP contribution in [-0.2, 0) is 11.3 Å². The van der Waals surface area contributed by atoms with E-state index in [1.807, 2.05) is 29.5 Å². The molecule has 5 heteroatoms. The van der Waals surface area contributed by atoms with Gasteiger partial charge in [0.15, 0.2) is 0 Å². The van der Waals surface area contributed by atoms with Gasteiger partial charge in [0, 0.05) is 17.6 Å². The van der Waals surface area contributed by atoms with Crippen LogP contribution in [0.2, 0.25) is 0 Å². The fourth-order valence-electron chi connectivity index (χ4n) is 1.98. The van der Waals surface area contributed by atoms with Gasteiger partial charge in [-0.15, -0.1) is 11.3 Å². The van der Waals surface area contributed by atoms with Crippen LogP contribution < -0.4 is 10.6 Å². The zero-order chi connectivity index (χ0) is 14.5. The highest BCUT2D eigenvalue weighted by molar-refractivity contribution is 7.09. The van der Waals surface area contributed by atoms with E-state index in [1.165, 1.54) is 4.88 Å². The summed E-state index contributed by atoms with van der Waals surface area (Å²) in [6.07, 6.45) is 0. The Bertz CT molecular complexity index is 582. The van der Waals surface area contributed by atoms with E-state index in [4.69, 9.17) is 10.5 Å². The largest absolute Gasteiger partial charge is 0.462 e. The molecule has 0 bridgehead atoms. The second-order valence-electron chi connectivity index (χ2n) is 4.43. The van der Waals surface area contributed by atoms with Gasteiger partial charge in [-0.25, -0.2) is 4.79 Å². The number of nitrogens with zero attached hydrogens (tertiary/aromatic N) is 1. The fourth-order valence-corrected chi connectivity index (χ4v) is 2.74. The molecule has 0 radical (unpaired) electrons. The summed E-state index contributed by atoms with van der Waals surface area (Å²) >= 11 is 1.69. The SMILES string of the molecule is CCOC(=O)c1cc(N)ccc1N(C)Cc1cccs1. The molecule has 0 amide bonds. The van der Waals surface area contributed by atoms with E-state index in [9.17, 15) is 4.79 Å². The average molecular weight is 290 g/mol. The molecule has 1 heterocycles. The quantitative estimate of drug-likeness (QED) is 0.679. The summed E-state index contributed by atoms with van der Waals surface area (Å²) in [4.78, 5) is 15.3. The highest BCUT2D eigenvalue weighted by atomic mass is 32.1. The van der Waals surface area contributed by atoms with Crippen molar-refractivity contribution >= 4 is 28.7 Å². The second kappa shape index (κ2) is 6.43. The molecule has 20 heavy (non-hydrogen) atoms. The number of carbonyl (C=O) groups excluding carboxylic acids is 1. The van der Waals surface area contributed by atoms with E-state index in [0.29, 0.717) is 17.9 Å². The van der Waals surface area contributed by atoms with Gasteiger partial charge in [-0.1, -0.05) is 6.07 Å². The molecule has 0 fully saturated rings. The molecular weight excluding hydrogens is 272 g/mol. The molecule has 0 saturated carbocycles. The minimum atomic E-state index is -0.340. The fraction of sp³-hybridized carbons (Fsp3) is 0.267. The van der Waals surface area contributed by atoms with Gasteiger partial charge in [0.25, 0.3) is 0 Å². The molecule has 106 valence electrons. The van der Waals surface area contributed by atoms with E-state index >= 15 is 0 Å². The Labute approximate surface area is 122 Å². The minimum absolute atomic E-state index is 0.340. The van der Waals surface area contributed by atoms with Gasteiger partial charge in [0.2, 0.25) is 0 Å². The van der Waals surface area contributed by atoms with Gasteiger partial charge in [0.1, 0.15) is 0 Å². The zero-order valence-corrected chi connectivity index (χ0v) is 12.4. The molecule has 0 saturated heterocycles. The van der Waals surface area contributed by atoms with Crippen LogP contribution in [-0.4, -0.2) is 19.6 Å². The van der Waals surface area contributed by atoms with E-state index in [-0.39, 0.29) is 5.97 Å². The van der Waals surface area contributed by atoms with Crippen molar-refractivity contribution in [3.8, 4) is 0 Å². The van der Waals surface area contributed by atoms with E-state index in [0.717, 1.165) is 12.2 Å². The number of thiophene rings is 1. The molecule has 2 rings (SSSR count). The number of nitrogens with two attached hydrogens (primary N) is 1. The van der Waals surface area contributed by atoms with E-state index < -0.39 is 0 Å². The van der Waals surface area contributed by atoms with Crippen LogP contribution in [0.3, 0.4) is 0 Å². The van der Waals surface area contributed by atoms with E-state index in [1.54, 1.807) is 30.4 Å². The first-order chi connectivity index (χ1) is 9.61. The normalized spacial score (nSPS) is 10.3. The van der Waals surface area contributed by atoms with Crippen LogP contribution in [0.15, 0.2) is 35.7 Å². The molecule has 1 aromatic heterocycles. The average Bonchev–Trinajstić information content (AvgIpc) is 2.91. The molecule has 0 aliphatic rings. The maximum Gasteiger partial charge on any atom is 0.340 e. The minimum Gasteiger partial charge on any atom is -0.462 e. The first-order valence-electron chi connectivity index (χ1n) is 6.42. The lowest BCUT2D eigenvalue weighted by Gasteiger charge is -2.21. The topological polar surface area (TPSA) is 55.6 Å². The summed E-state index contributed by atoms with van der Waals surface area (Å²) < 4.78 is 5.09. The van der Waals surface area contributed by atoms with Gasteiger partial charge in [-0.3, -0.25) is 0 Å². The van der Waals surface area contributed by atoms with Gasteiger partial charge < -0.3 is 15.4 Å². The summed E-state index contributed by atoms with van der Waals surface area (Å²) in [5.41, 5.74) is 7.66. The van der Waals surface area contributed by atoms with Gasteiger partial charge in [-0.05, 0) is 36.6 Å². The highest BCUT2D eigenvalue weighted by Crippen LogP contribution is 2.25. The first kappa shape index (κ1) is 14.4. The lowest BCUT2D eigenvalue weighted by Crippen LogP contribution is -2.20. The van der Waals surface area contributed by atoms with Crippen molar-refractivity contribution in [1.29, 1.82) is 0 Å². The number of hydrogen-bond acceptors (Lipinski definition) is 5. The monoisotopic (exact) mass is 290 g/mol. The number of esters is 1.